The first-order valence-corrected chi connectivity index (χ1v) is 15.0. The van der Waals surface area contributed by atoms with Gasteiger partial charge in [-0.3, -0.25) is 4.79 Å². The van der Waals surface area contributed by atoms with Crippen LogP contribution in [-0.2, 0) is 9.53 Å². The Morgan fingerprint density at radius 2 is 1.76 bits per heavy atom. The van der Waals surface area contributed by atoms with E-state index in [1.54, 1.807) is 11.1 Å². The van der Waals surface area contributed by atoms with Crippen molar-refractivity contribution in [3.63, 3.8) is 0 Å². The Labute approximate surface area is 225 Å². The van der Waals surface area contributed by atoms with Crippen molar-refractivity contribution in [1.82, 2.24) is 0 Å². The van der Waals surface area contributed by atoms with Crippen LogP contribution < -0.4 is 0 Å². The van der Waals surface area contributed by atoms with E-state index in [2.05, 4.69) is 48.5 Å². The average molecular weight is 519 g/mol. The van der Waals surface area contributed by atoms with Gasteiger partial charge in [-0.05, 0) is 105 Å². The number of ether oxygens (including phenoxy) is 1. The molecule has 4 rings (SSSR count). The topological polar surface area (TPSA) is 87.0 Å². The summed E-state index contributed by atoms with van der Waals surface area (Å²) in [6.45, 7) is 18.0. The highest BCUT2D eigenvalue weighted by Gasteiger charge is 2.65. The minimum atomic E-state index is -1.45. The number of allylic oxidation sites excluding steroid dienone is 1. The minimum Gasteiger partial charge on any atom is -0.393 e. The van der Waals surface area contributed by atoms with Crippen LogP contribution in [0.25, 0.3) is 0 Å². The lowest BCUT2D eigenvalue weighted by Crippen LogP contribution is -2.57. The second-order valence-electron chi connectivity index (χ2n) is 14.7. The predicted octanol–water partition coefficient (Wildman–Crippen LogP) is 5.84. The van der Waals surface area contributed by atoms with Gasteiger partial charge in [0.25, 0.3) is 0 Å². The summed E-state index contributed by atoms with van der Waals surface area (Å²) in [7, 11) is 0. The monoisotopic (exact) mass is 518 g/mol. The van der Waals surface area contributed by atoms with Crippen molar-refractivity contribution >= 4 is 5.78 Å². The quantitative estimate of drug-likeness (QED) is 0.351. The molecule has 37 heavy (non-hydrogen) atoms. The molecule has 0 aliphatic heterocycles. The van der Waals surface area contributed by atoms with Crippen molar-refractivity contribution in [2.75, 3.05) is 13.2 Å². The lowest BCUT2D eigenvalue weighted by Gasteiger charge is -2.62. The van der Waals surface area contributed by atoms with E-state index in [-0.39, 0.29) is 27.8 Å². The summed E-state index contributed by atoms with van der Waals surface area (Å²) in [6.07, 6.45) is 7.66. The molecule has 3 N–H and O–H groups in total. The SMILES string of the molecule is CCO[C@@H]1C[C@H]2C(C)(C)C(=O)CC[C@]2(C)C2=C1[C@]1(C)CC[C@H]([C@H](C)CC[C@H](O)[C@@](C)(O)CO)[C@@]1(C)CC2. The van der Waals surface area contributed by atoms with Crippen LogP contribution in [0.2, 0.25) is 0 Å². The van der Waals surface area contributed by atoms with Gasteiger partial charge in [-0.15, -0.1) is 0 Å². The Bertz CT molecular complexity index is 920. The lowest BCUT2D eigenvalue weighted by molar-refractivity contribution is -0.143. The highest BCUT2D eigenvalue weighted by molar-refractivity contribution is 5.85. The summed E-state index contributed by atoms with van der Waals surface area (Å²) in [6, 6.07) is 0. The Hall–Kier alpha value is -0.750. The van der Waals surface area contributed by atoms with Crippen LogP contribution in [0.3, 0.4) is 0 Å². The van der Waals surface area contributed by atoms with Crippen molar-refractivity contribution in [3.8, 4) is 0 Å². The summed E-state index contributed by atoms with van der Waals surface area (Å²) >= 11 is 0. The first-order valence-electron chi connectivity index (χ1n) is 15.0. The van der Waals surface area contributed by atoms with Gasteiger partial charge in [0.05, 0.1) is 18.8 Å². The lowest BCUT2D eigenvalue weighted by atomic mass is 9.43. The first-order chi connectivity index (χ1) is 17.1. The summed E-state index contributed by atoms with van der Waals surface area (Å²) in [4.78, 5) is 13.0. The number of rotatable bonds is 8. The molecule has 0 amide bonds. The number of aliphatic hydroxyl groups excluding tert-OH is 2. The molecule has 0 saturated heterocycles. The molecule has 0 aromatic carbocycles. The Balaban J connectivity index is 1.68. The standard InChI is InChI=1S/C32H54O5/c1-9-37-23-18-24-28(3,4)25(34)14-15-29(24,5)22-13-16-30(6)21(12-17-31(30,7)27(22)23)20(2)10-11-26(35)32(8,36)19-33/h20-21,23-24,26,33,35-36H,9-19H2,1-8H3/t20-,21-,23-,24+,26+,29-,30-,31+,32+/m1/s1. The minimum absolute atomic E-state index is 0.0636. The van der Waals surface area contributed by atoms with Gasteiger partial charge in [0, 0.05) is 18.4 Å². The molecule has 5 nitrogen and oxygen atoms in total. The van der Waals surface area contributed by atoms with Gasteiger partial charge in [0.15, 0.2) is 0 Å². The number of carbonyl (C=O) groups is 1. The van der Waals surface area contributed by atoms with Gasteiger partial charge in [-0.25, -0.2) is 0 Å². The number of Topliss-reactive ketones (excluding diaryl/α,β-unsaturated/α-hetero) is 1. The van der Waals surface area contributed by atoms with E-state index in [0.29, 0.717) is 43.0 Å². The van der Waals surface area contributed by atoms with E-state index >= 15 is 0 Å². The smallest absolute Gasteiger partial charge is 0.138 e. The van der Waals surface area contributed by atoms with Crippen LogP contribution in [0, 0.1) is 39.4 Å². The van der Waals surface area contributed by atoms with Crippen molar-refractivity contribution < 1.29 is 24.9 Å². The molecular formula is C32H54O5. The number of hydrogen-bond donors (Lipinski definition) is 3. The van der Waals surface area contributed by atoms with Crippen LogP contribution in [0.5, 0.6) is 0 Å². The van der Waals surface area contributed by atoms with Gasteiger partial charge in [-0.2, -0.15) is 0 Å². The highest BCUT2D eigenvalue weighted by atomic mass is 16.5. The largest absolute Gasteiger partial charge is 0.393 e. The second-order valence-corrected chi connectivity index (χ2v) is 14.7. The Kier molecular flexibility index (Phi) is 7.67. The van der Waals surface area contributed by atoms with Crippen LogP contribution in [0.15, 0.2) is 11.1 Å². The van der Waals surface area contributed by atoms with E-state index in [1.165, 1.54) is 13.3 Å². The number of carbonyl (C=O) groups excluding carboxylic acids is 1. The van der Waals surface area contributed by atoms with Crippen molar-refractivity contribution in [2.24, 2.45) is 39.4 Å². The zero-order valence-corrected chi connectivity index (χ0v) is 24.8. The molecule has 5 heteroatoms. The fraction of sp³-hybridized carbons (Fsp3) is 0.906. The summed E-state index contributed by atoms with van der Waals surface area (Å²) in [5.41, 5.74) is 1.70. The van der Waals surface area contributed by atoms with E-state index in [4.69, 9.17) is 4.74 Å². The predicted molar refractivity (Wildman–Crippen MR) is 147 cm³/mol. The number of ketones is 1. The molecule has 9 atom stereocenters. The van der Waals surface area contributed by atoms with Crippen molar-refractivity contribution in [1.29, 1.82) is 0 Å². The van der Waals surface area contributed by atoms with Crippen LogP contribution in [-0.4, -0.2) is 52.1 Å². The third-order valence-corrected chi connectivity index (χ3v) is 12.5. The fourth-order valence-electron chi connectivity index (χ4n) is 9.77. The van der Waals surface area contributed by atoms with Gasteiger partial charge >= 0.3 is 0 Å². The fourth-order valence-corrected chi connectivity index (χ4v) is 9.77. The molecule has 2 fully saturated rings. The number of hydrogen-bond acceptors (Lipinski definition) is 5. The zero-order chi connectivity index (χ0) is 27.6. The molecule has 0 aromatic rings. The zero-order valence-electron chi connectivity index (χ0n) is 24.8. The summed E-state index contributed by atoms with van der Waals surface area (Å²) in [5, 5.41) is 30.2. The molecule has 212 valence electrons. The normalized spacial score (nSPS) is 42.5. The molecule has 0 unspecified atom stereocenters. The summed E-state index contributed by atoms with van der Waals surface area (Å²) in [5.74, 6) is 1.69. The van der Waals surface area contributed by atoms with Gasteiger partial charge in [0.1, 0.15) is 11.4 Å². The third-order valence-electron chi connectivity index (χ3n) is 12.5. The molecule has 4 aliphatic carbocycles. The van der Waals surface area contributed by atoms with Crippen LogP contribution in [0.1, 0.15) is 113 Å². The van der Waals surface area contributed by atoms with Crippen molar-refractivity contribution in [3.05, 3.63) is 11.1 Å². The average Bonchev–Trinajstić information content (AvgIpc) is 3.12. The molecular weight excluding hydrogens is 464 g/mol. The molecule has 0 spiro atoms. The highest BCUT2D eigenvalue weighted by Crippen LogP contribution is 2.72. The third kappa shape index (κ3) is 4.30. The van der Waals surface area contributed by atoms with Gasteiger partial charge in [-0.1, -0.05) is 47.1 Å². The molecule has 0 bridgehead atoms. The van der Waals surface area contributed by atoms with Gasteiger partial charge in [0.2, 0.25) is 0 Å². The van der Waals surface area contributed by atoms with E-state index in [1.807, 2.05) is 0 Å². The van der Waals surface area contributed by atoms with E-state index < -0.39 is 18.3 Å². The second kappa shape index (κ2) is 9.71. The van der Waals surface area contributed by atoms with Crippen LogP contribution in [0.4, 0.5) is 0 Å². The number of fused-ring (bicyclic) bond motifs is 4. The Morgan fingerprint density at radius 1 is 1.08 bits per heavy atom. The maximum absolute atomic E-state index is 13.0. The molecule has 2 saturated carbocycles. The van der Waals surface area contributed by atoms with Crippen LogP contribution >= 0.6 is 0 Å². The molecule has 0 radical (unpaired) electrons. The maximum atomic E-state index is 13.0. The molecule has 0 aromatic heterocycles. The van der Waals surface area contributed by atoms with E-state index in [9.17, 15) is 20.1 Å². The molecule has 4 aliphatic rings. The van der Waals surface area contributed by atoms with E-state index in [0.717, 1.165) is 38.5 Å². The number of aliphatic hydroxyl groups is 3. The first kappa shape index (κ1) is 29.2. The maximum Gasteiger partial charge on any atom is 0.138 e. The van der Waals surface area contributed by atoms with Gasteiger partial charge < -0.3 is 20.1 Å². The summed E-state index contributed by atoms with van der Waals surface area (Å²) < 4.78 is 6.56. The van der Waals surface area contributed by atoms with Crippen molar-refractivity contribution in [2.45, 2.75) is 131 Å². The Morgan fingerprint density at radius 3 is 2.38 bits per heavy atom. The molecule has 0 heterocycles.